The molecular formula is C14H26N4O2S. The second-order valence-corrected chi connectivity index (χ2v) is 7.55. The Morgan fingerprint density at radius 2 is 1.81 bits per heavy atom. The Morgan fingerprint density at radius 3 is 2.38 bits per heavy atom. The Morgan fingerprint density at radius 1 is 1.19 bits per heavy atom. The molecule has 0 unspecified atom stereocenters. The van der Waals surface area contributed by atoms with Crippen molar-refractivity contribution in [2.45, 2.75) is 32.9 Å². The van der Waals surface area contributed by atoms with Gasteiger partial charge in [-0.15, -0.1) is 0 Å². The average Bonchev–Trinajstić information content (AvgIpc) is 2.44. The summed E-state index contributed by atoms with van der Waals surface area (Å²) < 4.78 is 27.5. The van der Waals surface area contributed by atoms with Crippen molar-refractivity contribution >= 4 is 10.2 Å². The number of nitrogens with zero attached hydrogens (tertiary/aromatic N) is 3. The summed E-state index contributed by atoms with van der Waals surface area (Å²) in [5.74, 6) is 0. The first-order chi connectivity index (χ1) is 9.84. The highest BCUT2D eigenvalue weighted by atomic mass is 32.2. The van der Waals surface area contributed by atoms with Gasteiger partial charge in [0.25, 0.3) is 10.2 Å². The highest BCUT2D eigenvalue weighted by molar-refractivity contribution is 7.86. The number of nitrogens with one attached hydrogen (secondary N) is 1. The summed E-state index contributed by atoms with van der Waals surface area (Å²) in [4.78, 5) is 3.93. The summed E-state index contributed by atoms with van der Waals surface area (Å²) in [6.07, 6.45) is 4.12. The topological polar surface area (TPSA) is 65.5 Å². The van der Waals surface area contributed by atoms with E-state index in [1.54, 1.807) is 26.5 Å². The molecule has 0 saturated heterocycles. The minimum absolute atomic E-state index is 0.347. The van der Waals surface area contributed by atoms with Gasteiger partial charge < -0.3 is 5.32 Å². The van der Waals surface area contributed by atoms with Gasteiger partial charge in [-0.05, 0) is 30.7 Å². The van der Waals surface area contributed by atoms with Gasteiger partial charge in [-0.2, -0.15) is 17.0 Å². The highest BCUT2D eigenvalue weighted by Gasteiger charge is 2.23. The molecule has 0 aliphatic carbocycles. The quantitative estimate of drug-likeness (QED) is 0.693. The molecule has 1 heterocycles. The number of rotatable bonds is 9. The molecule has 0 saturated carbocycles. The lowest BCUT2D eigenvalue weighted by molar-refractivity contribution is 0.382. The van der Waals surface area contributed by atoms with Crippen molar-refractivity contribution in [3.05, 3.63) is 30.1 Å². The maximum atomic E-state index is 12.4. The fraction of sp³-hybridized carbons (Fsp3) is 0.643. The standard InChI is InChI=1S/C14H26N4O2S/c1-13(2)16-8-5-11-17(3)21(19,20)18(4)12-14-6-9-15-10-7-14/h6-7,9-10,13,16H,5,8,11-12H2,1-4H3. The highest BCUT2D eigenvalue weighted by Crippen LogP contribution is 2.09. The van der Waals surface area contributed by atoms with Crippen LogP contribution in [0.4, 0.5) is 0 Å². The van der Waals surface area contributed by atoms with E-state index in [1.165, 1.54) is 8.61 Å². The van der Waals surface area contributed by atoms with Gasteiger partial charge in [0.1, 0.15) is 0 Å². The van der Waals surface area contributed by atoms with Gasteiger partial charge in [0.15, 0.2) is 0 Å². The largest absolute Gasteiger partial charge is 0.314 e. The Hall–Kier alpha value is -1.02. The number of pyridine rings is 1. The van der Waals surface area contributed by atoms with Crippen molar-refractivity contribution in [1.29, 1.82) is 0 Å². The van der Waals surface area contributed by atoms with Crippen LogP contribution in [-0.4, -0.2) is 55.2 Å². The molecule has 0 aliphatic rings. The summed E-state index contributed by atoms with van der Waals surface area (Å²) in [7, 11) is -0.205. The molecule has 0 bridgehead atoms. The zero-order chi connectivity index (χ0) is 15.9. The molecule has 0 amide bonds. The summed E-state index contributed by atoms with van der Waals surface area (Å²) in [5, 5.41) is 3.28. The van der Waals surface area contributed by atoms with Crippen LogP contribution in [0.2, 0.25) is 0 Å². The lowest BCUT2D eigenvalue weighted by Crippen LogP contribution is -2.40. The van der Waals surface area contributed by atoms with Crippen molar-refractivity contribution in [2.24, 2.45) is 0 Å². The van der Waals surface area contributed by atoms with Crippen LogP contribution in [0.1, 0.15) is 25.8 Å². The van der Waals surface area contributed by atoms with Gasteiger partial charge in [0.2, 0.25) is 0 Å². The van der Waals surface area contributed by atoms with E-state index in [1.807, 2.05) is 12.1 Å². The molecule has 1 aromatic rings. The molecule has 0 aliphatic heterocycles. The molecule has 21 heavy (non-hydrogen) atoms. The number of hydrogen-bond donors (Lipinski definition) is 1. The molecule has 0 spiro atoms. The van der Waals surface area contributed by atoms with E-state index >= 15 is 0 Å². The number of aromatic nitrogens is 1. The first kappa shape index (κ1) is 18.0. The van der Waals surface area contributed by atoms with Gasteiger partial charge in [-0.1, -0.05) is 13.8 Å². The predicted molar refractivity (Wildman–Crippen MR) is 85.0 cm³/mol. The summed E-state index contributed by atoms with van der Waals surface area (Å²) in [6, 6.07) is 4.05. The number of hydrogen-bond acceptors (Lipinski definition) is 4. The van der Waals surface area contributed by atoms with Gasteiger partial charge in [-0.25, -0.2) is 0 Å². The van der Waals surface area contributed by atoms with Crippen molar-refractivity contribution < 1.29 is 8.42 Å². The molecule has 1 aromatic heterocycles. The monoisotopic (exact) mass is 314 g/mol. The van der Waals surface area contributed by atoms with E-state index in [9.17, 15) is 8.42 Å². The van der Waals surface area contributed by atoms with Gasteiger partial charge in [0, 0.05) is 45.6 Å². The van der Waals surface area contributed by atoms with E-state index in [4.69, 9.17) is 0 Å². The third-order valence-electron chi connectivity index (χ3n) is 3.14. The summed E-state index contributed by atoms with van der Waals surface area (Å²) >= 11 is 0. The lowest BCUT2D eigenvalue weighted by Gasteiger charge is -2.24. The zero-order valence-corrected chi connectivity index (χ0v) is 14.1. The van der Waals surface area contributed by atoms with E-state index in [-0.39, 0.29) is 0 Å². The van der Waals surface area contributed by atoms with Crippen molar-refractivity contribution in [1.82, 2.24) is 18.9 Å². The first-order valence-electron chi connectivity index (χ1n) is 7.14. The van der Waals surface area contributed by atoms with Crippen LogP contribution in [0.5, 0.6) is 0 Å². The third-order valence-corrected chi connectivity index (χ3v) is 5.03. The Labute approximate surface area is 128 Å². The molecule has 7 heteroatoms. The molecule has 6 nitrogen and oxygen atoms in total. The minimum Gasteiger partial charge on any atom is -0.314 e. The van der Waals surface area contributed by atoms with Gasteiger partial charge >= 0.3 is 0 Å². The molecule has 0 aromatic carbocycles. The molecule has 0 atom stereocenters. The summed E-state index contributed by atoms with van der Waals surface area (Å²) in [6.45, 7) is 5.81. The minimum atomic E-state index is -3.42. The van der Waals surface area contributed by atoms with Crippen LogP contribution >= 0.6 is 0 Å². The van der Waals surface area contributed by atoms with Gasteiger partial charge in [-0.3, -0.25) is 4.98 Å². The van der Waals surface area contributed by atoms with E-state index in [0.29, 0.717) is 19.1 Å². The van der Waals surface area contributed by atoms with E-state index in [0.717, 1.165) is 18.5 Å². The Bertz CT molecular complexity index is 505. The average molecular weight is 314 g/mol. The van der Waals surface area contributed by atoms with Crippen LogP contribution in [0.25, 0.3) is 0 Å². The Balaban J connectivity index is 2.50. The van der Waals surface area contributed by atoms with E-state index < -0.39 is 10.2 Å². The smallest absolute Gasteiger partial charge is 0.281 e. The van der Waals surface area contributed by atoms with Crippen LogP contribution in [0, 0.1) is 0 Å². The fourth-order valence-electron chi connectivity index (χ4n) is 1.87. The summed E-state index contributed by atoms with van der Waals surface area (Å²) in [5.41, 5.74) is 0.922. The molecular weight excluding hydrogens is 288 g/mol. The molecule has 120 valence electrons. The van der Waals surface area contributed by atoms with Crippen molar-refractivity contribution in [3.8, 4) is 0 Å². The zero-order valence-electron chi connectivity index (χ0n) is 13.3. The first-order valence-corrected chi connectivity index (χ1v) is 8.53. The van der Waals surface area contributed by atoms with Crippen molar-refractivity contribution in [3.63, 3.8) is 0 Å². The second-order valence-electron chi connectivity index (χ2n) is 5.40. The SMILES string of the molecule is CC(C)NCCCN(C)S(=O)(=O)N(C)Cc1ccncc1. The van der Waals surface area contributed by atoms with Crippen molar-refractivity contribution in [2.75, 3.05) is 27.2 Å². The van der Waals surface area contributed by atoms with Crippen LogP contribution in [0.15, 0.2) is 24.5 Å². The normalized spacial score (nSPS) is 12.5. The maximum Gasteiger partial charge on any atom is 0.281 e. The molecule has 1 N–H and O–H groups in total. The lowest BCUT2D eigenvalue weighted by atomic mass is 10.3. The van der Waals surface area contributed by atoms with Crippen LogP contribution in [0.3, 0.4) is 0 Å². The maximum absolute atomic E-state index is 12.4. The second kappa shape index (κ2) is 8.43. The van der Waals surface area contributed by atoms with Crippen LogP contribution < -0.4 is 5.32 Å². The Kier molecular flexibility index (Phi) is 7.24. The molecule has 1 rings (SSSR count). The van der Waals surface area contributed by atoms with E-state index in [2.05, 4.69) is 24.1 Å². The third kappa shape index (κ3) is 6.09. The fourth-order valence-corrected chi connectivity index (χ4v) is 3.02. The van der Waals surface area contributed by atoms with Crippen LogP contribution in [-0.2, 0) is 16.8 Å². The van der Waals surface area contributed by atoms with Gasteiger partial charge in [0.05, 0.1) is 0 Å². The molecule has 0 fully saturated rings. The predicted octanol–water partition coefficient (Wildman–Crippen LogP) is 1.08. The molecule has 0 radical (unpaired) electrons.